The van der Waals surface area contributed by atoms with Gasteiger partial charge in [0.05, 0.1) is 6.04 Å². The van der Waals surface area contributed by atoms with Crippen LogP contribution in [0.2, 0.25) is 0 Å². The maximum atomic E-state index is 11.6. The molecule has 0 aliphatic heterocycles. The zero-order chi connectivity index (χ0) is 15.2. The number of aromatic nitrogens is 3. The van der Waals surface area contributed by atoms with Crippen molar-refractivity contribution in [1.29, 1.82) is 0 Å². The molecule has 2 rings (SSSR count). The van der Waals surface area contributed by atoms with Crippen LogP contribution in [0.15, 0.2) is 36.7 Å². The highest BCUT2D eigenvalue weighted by molar-refractivity contribution is 5.72. The van der Waals surface area contributed by atoms with Crippen molar-refractivity contribution in [3.8, 4) is 0 Å². The summed E-state index contributed by atoms with van der Waals surface area (Å²) in [6.45, 7) is 2.03. The van der Waals surface area contributed by atoms with Crippen molar-refractivity contribution in [1.82, 2.24) is 14.8 Å². The highest BCUT2D eigenvalue weighted by atomic mass is 16.4. The molecule has 0 aliphatic carbocycles. The first-order valence-electron chi connectivity index (χ1n) is 7.05. The molecule has 0 amide bonds. The van der Waals surface area contributed by atoms with E-state index in [1.165, 1.54) is 6.33 Å². The zero-order valence-electron chi connectivity index (χ0n) is 12.0. The van der Waals surface area contributed by atoms with E-state index in [2.05, 4.69) is 10.2 Å². The predicted octanol–water partition coefficient (Wildman–Crippen LogP) is 1.95. The first-order valence-corrected chi connectivity index (χ1v) is 7.05. The van der Waals surface area contributed by atoms with Gasteiger partial charge in [-0.05, 0) is 12.0 Å². The quantitative estimate of drug-likeness (QED) is 0.812. The van der Waals surface area contributed by atoms with Crippen molar-refractivity contribution in [3.05, 3.63) is 48.0 Å². The normalized spacial score (nSPS) is 13.8. The smallest absolute Gasteiger partial charge is 0.327 e. The van der Waals surface area contributed by atoms with Crippen molar-refractivity contribution in [2.75, 3.05) is 0 Å². The van der Waals surface area contributed by atoms with Gasteiger partial charge in [0.15, 0.2) is 5.82 Å². The number of benzene rings is 1. The Morgan fingerprint density at radius 1 is 1.38 bits per heavy atom. The lowest BCUT2D eigenvalue weighted by molar-refractivity contribution is -0.141. The summed E-state index contributed by atoms with van der Waals surface area (Å²) >= 11 is 0. The lowest BCUT2D eigenvalue weighted by Gasteiger charge is -2.18. The minimum atomic E-state index is -0.913. The monoisotopic (exact) mass is 288 g/mol. The first-order chi connectivity index (χ1) is 10.1. The van der Waals surface area contributed by atoms with Crippen LogP contribution in [0, 0.1) is 0 Å². The third-order valence-corrected chi connectivity index (χ3v) is 3.42. The van der Waals surface area contributed by atoms with Crippen LogP contribution in [0.25, 0.3) is 0 Å². The number of rotatable bonds is 7. The standard InChI is InChI=1S/C15H20N4O2/c1-2-6-12(16)14-18-17-10-19(14)13(15(20)21)9-11-7-4-3-5-8-11/h3-5,7-8,10,12-13H,2,6,9,16H2,1H3,(H,20,21)/t12-,13-/m0/s1. The zero-order valence-corrected chi connectivity index (χ0v) is 12.0. The summed E-state index contributed by atoms with van der Waals surface area (Å²) in [4.78, 5) is 11.6. The third kappa shape index (κ3) is 3.66. The molecule has 0 radical (unpaired) electrons. The highest BCUT2D eigenvalue weighted by Crippen LogP contribution is 2.21. The molecule has 3 N–H and O–H groups in total. The minimum absolute atomic E-state index is 0.296. The Morgan fingerprint density at radius 2 is 2.10 bits per heavy atom. The van der Waals surface area contributed by atoms with E-state index in [-0.39, 0.29) is 6.04 Å². The molecule has 0 unspecified atom stereocenters. The topological polar surface area (TPSA) is 94.0 Å². The van der Waals surface area contributed by atoms with E-state index < -0.39 is 12.0 Å². The molecule has 21 heavy (non-hydrogen) atoms. The summed E-state index contributed by atoms with van der Waals surface area (Å²) in [5, 5.41) is 17.4. The fraction of sp³-hybridized carbons (Fsp3) is 0.400. The molecule has 0 bridgehead atoms. The number of nitrogens with zero attached hydrogens (tertiary/aromatic N) is 3. The largest absolute Gasteiger partial charge is 0.480 e. The van der Waals surface area contributed by atoms with Gasteiger partial charge >= 0.3 is 5.97 Å². The van der Waals surface area contributed by atoms with Gasteiger partial charge in [-0.2, -0.15) is 0 Å². The summed E-state index contributed by atoms with van der Waals surface area (Å²) in [5.41, 5.74) is 7.02. The second kappa shape index (κ2) is 6.99. The van der Waals surface area contributed by atoms with Crippen LogP contribution < -0.4 is 5.73 Å². The van der Waals surface area contributed by atoms with Crippen molar-refractivity contribution in [2.45, 2.75) is 38.3 Å². The van der Waals surface area contributed by atoms with Crippen molar-refractivity contribution in [3.63, 3.8) is 0 Å². The Balaban J connectivity index is 2.27. The Bertz CT molecular complexity index is 582. The van der Waals surface area contributed by atoms with Gasteiger partial charge in [-0.25, -0.2) is 4.79 Å². The molecule has 0 saturated carbocycles. The molecule has 1 aromatic carbocycles. The van der Waals surface area contributed by atoms with E-state index >= 15 is 0 Å². The van der Waals surface area contributed by atoms with Gasteiger partial charge in [0.1, 0.15) is 12.4 Å². The van der Waals surface area contributed by atoms with Gasteiger partial charge in [-0.15, -0.1) is 10.2 Å². The van der Waals surface area contributed by atoms with E-state index in [0.717, 1.165) is 18.4 Å². The fourth-order valence-electron chi connectivity index (χ4n) is 2.34. The Morgan fingerprint density at radius 3 is 2.71 bits per heavy atom. The van der Waals surface area contributed by atoms with E-state index in [9.17, 15) is 9.90 Å². The van der Waals surface area contributed by atoms with Crippen molar-refractivity contribution in [2.24, 2.45) is 5.73 Å². The fourth-order valence-corrected chi connectivity index (χ4v) is 2.34. The third-order valence-electron chi connectivity index (χ3n) is 3.42. The molecule has 2 aromatic rings. The van der Waals surface area contributed by atoms with Crippen LogP contribution in [0.1, 0.15) is 43.2 Å². The predicted molar refractivity (Wildman–Crippen MR) is 78.7 cm³/mol. The Hall–Kier alpha value is -2.21. The van der Waals surface area contributed by atoms with E-state index in [0.29, 0.717) is 12.2 Å². The summed E-state index contributed by atoms with van der Waals surface area (Å²) in [5.74, 6) is -0.385. The van der Waals surface area contributed by atoms with E-state index in [1.54, 1.807) is 4.57 Å². The molecular weight excluding hydrogens is 268 g/mol. The lowest BCUT2D eigenvalue weighted by atomic mass is 10.1. The summed E-state index contributed by atoms with van der Waals surface area (Å²) in [6, 6.07) is 8.46. The van der Waals surface area contributed by atoms with Crippen molar-refractivity contribution < 1.29 is 9.90 Å². The number of aliphatic carboxylic acids is 1. The number of carbonyl (C=O) groups is 1. The Labute approximate surface area is 123 Å². The molecule has 6 nitrogen and oxygen atoms in total. The van der Waals surface area contributed by atoms with Crippen LogP contribution in [0.5, 0.6) is 0 Å². The highest BCUT2D eigenvalue weighted by Gasteiger charge is 2.25. The maximum absolute atomic E-state index is 11.6. The van der Waals surface area contributed by atoms with Crippen LogP contribution >= 0.6 is 0 Å². The molecule has 0 fully saturated rings. The van der Waals surface area contributed by atoms with Gasteiger partial charge in [-0.3, -0.25) is 0 Å². The molecule has 6 heteroatoms. The minimum Gasteiger partial charge on any atom is -0.480 e. The molecule has 0 saturated heterocycles. The first kappa shape index (κ1) is 15.2. The van der Waals surface area contributed by atoms with Crippen LogP contribution in [0.3, 0.4) is 0 Å². The molecule has 0 aliphatic rings. The van der Waals surface area contributed by atoms with Gasteiger partial charge in [-0.1, -0.05) is 43.7 Å². The van der Waals surface area contributed by atoms with Crippen LogP contribution in [-0.2, 0) is 11.2 Å². The van der Waals surface area contributed by atoms with Gasteiger partial charge < -0.3 is 15.4 Å². The number of carboxylic acid groups (broad SMARTS) is 1. The lowest BCUT2D eigenvalue weighted by Crippen LogP contribution is -2.26. The second-order valence-corrected chi connectivity index (χ2v) is 5.04. The number of hydrogen-bond donors (Lipinski definition) is 2. The van der Waals surface area contributed by atoms with E-state index in [4.69, 9.17) is 5.73 Å². The number of hydrogen-bond acceptors (Lipinski definition) is 4. The number of nitrogens with two attached hydrogens (primary N) is 1. The van der Waals surface area contributed by atoms with Crippen molar-refractivity contribution >= 4 is 5.97 Å². The summed E-state index contributed by atoms with van der Waals surface area (Å²) < 4.78 is 1.58. The van der Waals surface area contributed by atoms with Gasteiger partial charge in [0.2, 0.25) is 0 Å². The van der Waals surface area contributed by atoms with Crippen LogP contribution in [0.4, 0.5) is 0 Å². The molecule has 0 spiro atoms. The molecule has 1 heterocycles. The van der Waals surface area contributed by atoms with E-state index in [1.807, 2.05) is 37.3 Å². The Kier molecular flexibility index (Phi) is 5.05. The average molecular weight is 288 g/mol. The number of carboxylic acids is 1. The molecule has 2 atom stereocenters. The average Bonchev–Trinajstić information content (AvgIpc) is 2.95. The second-order valence-electron chi connectivity index (χ2n) is 5.04. The maximum Gasteiger partial charge on any atom is 0.327 e. The molecule has 112 valence electrons. The van der Waals surface area contributed by atoms with Crippen LogP contribution in [-0.4, -0.2) is 25.8 Å². The molecular formula is C15H20N4O2. The molecule has 1 aromatic heterocycles. The van der Waals surface area contributed by atoms with Gasteiger partial charge in [0, 0.05) is 6.42 Å². The SMILES string of the molecule is CCC[C@H](N)c1nncn1[C@@H](Cc1ccccc1)C(=O)O. The summed E-state index contributed by atoms with van der Waals surface area (Å²) in [6.07, 6.45) is 3.48. The van der Waals surface area contributed by atoms with Gasteiger partial charge in [0.25, 0.3) is 0 Å². The summed E-state index contributed by atoms with van der Waals surface area (Å²) in [7, 11) is 0.